The monoisotopic (exact) mass is 394 g/mol. The minimum absolute atomic E-state index is 0.0589. The molecule has 0 amide bonds. The van der Waals surface area contributed by atoms with Gasteiger partial charge in [0.05, 0.1) is 24.3 Å². The molecule has 10 heteroatoms. The third-order valence-corrected chi connectivity index (χ3v) is 3.42. The standard InChI is InChI=1S/C17H16F6N2O2/c18-16(19,20)12-8-10(24)2-4-14(12)26-6-1-7-27-15-5-3-11(25)9-13(15)17(21,22)23/h2-5,8-9H,1,6-7,24-25H2. The third kappa shape index (κ3) is 5.60. The maximum Gasteiger partial charge on any atom is 0.420 e. The summed E-state index contributed by atoms with van der Waals surface area (Å²) in [7, 11) is 0. The quantitative estimate of drug-likeness (QED) is 0.422. The zero-order valence-electron chi connectivity index (χ0n) is 13.8. The largest absolute Gasteiger partial charge is 0.493 e. The van der Waals surface area contributed by atoms with Crippen molar-refractivity contribution in [2.75, 3.05) is 24.7 Å². The SMILES string of the molecule is Nc1ccc(OCCCOc2ccc(N)cc2C(F)(F)F)c(C(F)(F)F)c1. The summed E-state index contributed by atoms with van der Waals surface area (Å²) in [5.74, 6) is -0.833. The first-order valence-corrected chi connectivity index (χ1v) is 7.67. The van der Waals surface area contributed by atoms with Crippen molar-refractivity contribution < 1.29 is 35.8 Å². The second-order valence-corrected chi connectivity index (χ2v) is 5.56. The number of hydrogen-bond donors (Lipinski definition) is 2. The Balaban J connectivity index is 1.95. The van der Waals surface area contributed by atoms with Crippen LogP contribution in [-0.4, -0.2) is 13.2 Å². The molecule has 0 fully saturated rings. The minimum atomic E-state index is -4.65. The van der Waals surface area contributed by atoms with Gasteiger partial charge in [-0.3, -0.25) is 0 Å². The van der Waals surface area contributed by atoms with Crippen LogP contribution < -0.4 is 20.9 Å². The van der Waals surface area contributed by atoms with Gasteiger partial charge in [0, 0.05) is 17.8 Å². The van der Waals surface area contributed by atoms with Crippen molar-refractivity contribution in [3.63, 3.8) is 0 Å². The van der Waals surface area contributed by atoms with Gasteiger partial charge in [0.25, 0.3) is 0 Å². The topological polar surface area (TPSA) is 70.5 Å². The zero-order chi connectivity index (χ0) is 20.2. The summed E-state index contributed by atoms with van der Waals surface area (Å²) in [6.45, 7) is -0.382. The summed E-state index contributed by atoms with van der Waals surface area (Å²) in [5, 5.41) is 0. The van der Waals surface area contributed by atoms with E-state index < -0.39 is 35.0 Å². The highest BCUT2D eigenvalue weighted by atomic mass is 19.4. The number of benzene rings is 2. The van der Waals surface area contributed by atoms with E-state index in [0.29, 0.717) is 0 Å². The average molecular weight is 394 g/mol. The van der Waals surface area contributed by atoms with Gasteiger partial charge in [-0.15, -0.1) is 0 Å². The summed E-state index contributed by atoms with van der Waals surface area (Å²) >= 11 is 0. The maximum atomic E-state index is 12.9. The number of rotatable bonds is 6. The van der Waals surface area contributed by atoms with Crippen LogP contribution >= 0.6 is 0 Å². The van der Waals surface area contributed by atoms with Gasteiger partial charge in [-0.1, -0.05) is 0 Å². The lowest BCUT2D eigenvalue weighted by atomic mass is 10.1. The molecule has 4 N–H and O–H groups in total. The highest BCUT2D eigenvalue weighted by Gasteiger charge is 2.35. The molecule has 27 heavy (non-hydrogen) atoms. The van der Waals surface area contributed by atoms with E-state index in [1.807, 2.05) is 0 Å². The number of ether oxygens (including phenoxy) is 2. The summed E-state index contributed by atoms with van der Waals surface area (Å²) in [4.78, 5) is 0. The fourth-order valence-electron chi connectivity index (χ4n) is 2.21. The summed E-state index contributed by atoms with van der Waals surface area (Å²) in [6.07, 6.45) is -9.23. The maximum absolute atomic E-state index is 12.9. The minimum Gasteiger partial charge on any atom is -0.493 e. The van der Waals surface area contributed by atoms with Crippen LogP contribution in [0.4, 0.5) is 37.7 Å². The molecule has 0 aromatic heterocycles. The zero-order valence-corrected chi connectivity index (χ0v) is 13.8. The number of halogens is 6. The molecule has 4 nitrogen and oxygen atoms in total. The van der Waals surface area contributed by atoms with Gasteiger partial charge in [-0.2, -0.15) is 26.3 Å². The predicted molar refractivity (Wildman–Crippen MR) is 87.3 cm³/mol. The molecular weight excluding hydrogens is 378 g/mol. The summed E-state index contributed by atoms with van der Waals surface area (Å²) in [6, 6.07) is 6.17. The van der Waals surface area contributed by atoms with E-state index in [1.165, 1.54) is 12.1 Å². The van der Waals surface area contributed by atoms with Crippen molar-refractivity contribution in [1.29, 1.82) is 0 Å². The predicted octanol–water partition coefficient (Wildman–Crippen LogP) is 4.74. The van der Waals surface area contributed by atoms with Crippen LogP contribution in [0.15, 0.2) is 36.4 Å². The van der Waals surface area contributed by atoms with Crippen LogP contribution in [0.5, 0.6) is 11.5 Å². The van der Waals surface area contributed by atoms with E-state index in [4.69, 9.17) is 20.9 Å². The average Bonchev–Trinajstić information content (AvgIpc) is 2.55. The number of hydrogen-bond acceptors (Lipinski definition) is 4. The molecule has 2 aromatic rings. The Hall–Kier alpha value is -2.78. The number of nitrogen functional groups attached to an aromatic ring is 2. The fourth-order valence-corrected chi connectivity index (χ4v) is 2.21. The lowest BCUT2D eigenvalue weighted by Crippen LogP contribution is -2.13. The van der Waals surface area contributed by atoms with Gasteiger partial charge in [0.1, 0.15) is 11.5 Å². The lowest BCUT2D eigenvalue weighted by molar-refractivity contribution is -0.139. The molecule has 0 aliphatic rings. The second kappa shape index (κ2) is 7.85. The van der Waals surface area contributed by atoms with Crippen molar-refractivity contribution >= 4 is 11.4 Å². The van der Waals surface area contributed by atoms with Gasteiger partial charge in [0.2, 0.25) is 0 Å². The molecule has 0 saturated heterocycles. The number of anilines is 2. The smallest absolute Gasteiger partial charge is 0.420 e. The van der Waals surface area contributed by atoms with E-state index in [9.17, 15) is 26.3 Å². The highest BCUT2D eigenvalue weighted by molar-refractivity contribution is 5.50. The van der Waals surface area contributed by atoms with Crippen molar-refractivity contribution in [2.24, 2.45) is 0 Å². The van der Waals surface area contributed by atoms with Crippen LogP contribution in [0.25, 0.3) is 0 Å². The first-order chi connectivity index (χ1) is 12.5. The Morgan fingerprint density at radius 2 is 1.04 bits per heavy atom. The molecule has 0 saturated carbocycles. The molecule has 0 bridgehead atoms. The first-order valence-electron chi connectivity index (χ1n) is 7.67. The molecule has 0 heterocycles. The summed E-state index contributed by atoms with van der Waals surface area (Å²) in [5.41, 5.74) is 8.51. The van der Waals surface area contributed by atoms with Crippen molar-refractivity contribution in [1.82, 2.24) is 0 Å². The molecule has 0 radical (unpaired) electrons. The second-order valence-electron chi connectivity index (χ2n) is 5.56. The Bertz CT molecular complexity index is 724. The lowest BCUT2D eigenvalue weighted by Gasteiger charge is -2.16. The third-order valence-electron chi connectivity index (χ3n) is 3.42. The Morgan fingerprint density at radius 3 is 1.37 bits per heavy atom. The Labute approximate surface area is 150 Å². The van der Waals surface area contributed by atoms with E-state index in [1.54, 1.807) is 0 Å². The molecule has 2 aromatic carbocycles. The number of alkyl halides is 6. The van der Waals surface area contributed by atoms with Crippen molar-refractivity contribution in [3.8, 4) is 11.5 Å². The van der Waals surface area contributed by atoms with Gasteiger partial charge in [-0.25, -0.2) is 0 Å². The van der Waals surface area contributed by atoms with Gasteiger partial charge in [0.15, 0.2) is 0 Å². The Kier molecular flexibility index (Phi) is 5.97. The normalized spacial score (nSPS) is 12.1. The van der Waals surface area contributed by atoms with Crippen LogP contribution in [0.2, 0.25) is 0 Å². The number of nitrogens with two attached hydrogens (primary N) is 2. The molecular formula is C17H16F6N2O2. The molecule has 148 valence electrons. The molecule has 0 spiro atoms. The molecule has 0 atom stereocenters. The molecule has 0 aliphatic heterocycles. The van der Waals surface area contributed by atoms with Gasteiger partial charge < -0.3 is 20.9 Å². The Morgan fingerprint density at radius 1 is 0.667 bits per heavy atom. The van der Waals surface area contributed by atoms with Crippen LogP contribution in [0.1, 0.15) is 17.5 Å². The van der Waals surface area contributed by atoms with E-state index in [2.05, 4.69) is 0 Å². The summed E-state index contributed by atoms with van der Waals surface area (Å²) < 4.78 is 87.8. The van der Waals surface area contributed by atoms with E-state index in [0.717, 1.165) is 24.3 Å². The highest BCUT2D eigenvalue weighted by Crippen LogP contribution is 2.38. The fraction of sp³-hybridized carbons (Fsp3) is 0.294. The molecule has 2 rings (SSSR count). The van der Waals surface area contributed by atoms with Crippen LogP contribution in [0, 0.1) is 0 Å². The first kappa shape index (κ1) is 20.5. The van der Waals surface area contributed by atoms with Crippen molar-refractivity contribution in [3.05, 3.63) is 47.5 Å². The molecule has 0 unspecified atom stereocenters. The van der Waals surface area contributed by atoms with Crippen LogP contribution in [-0.2, 0) is 12.4 Å². The van der Waals surface area contributed by atoms with Crippen LogP contribution in [0.3, 0.4) is 0 Å². The van der Waals surface area contributed by atoms with E-state index >= 15 is 0 Å². The molecule has 0 aliphatic carbocycles. The van der Waals surface area contributed by atoms with E-state index in [-0.39, 0.29) is 31.0 Å². The van der Waals surface area contributed by atoms with Crippen molar-refractivity contribution in [2.45, 2.75) is 18.8 Å². The van der Waals surface area contributed by atoms with Gasteiger partial charge >= 0.3 is 12.4 Å². The van der Waals surface area contributed by atoms with Gasteiger partial charge in [-0.05, 0) is 36.4 Å².